The minimum Gasteiger partial charge on any atom is -0.487 e. The first-order chi connectivity index (χ1) is 15.0. The van der Waals surface area contributed by atoms with Gasteiger partial charge in [0.2, 0.25) is 0 Å². The highest BCUT2D eigenvalue weighted by molar-refractivity contribution is 6.36. The first-order valence-electron chi connectivity index (χ1n) is 10.6. The summed E-state index contributed by atoms with van der Waals surface area (Å²) in [6.07, 6.45) is 1.09. The van der Waals surface area contributed by atoms with Crippen LogP contribution in [0.5, 0.6) is 0 Å². The molecular formula is C24H27N3O4. The van der Waals surface area contributed by atoms with Gasteiger partial charge in [0, 0.05) is 34.6 Å². The van der Waals surface area contributed by atoms with Crippen LogP contribution in [0.4, 0.5) is 11.4 Å². The maximum atomic E-state index is 12.5. The van der Waals surface area contributed by atoms with Crippen molar-refractivity contribution in [2.75, 3.05) is 23.8 Å². The molecule has 2 heterocycles. The van der Waals surface area contributed by atoms with E-state index in [2.05, 4.69) is 10.6 Å². The zero-order valence-electron chi connectivity index (χ0n) is 17.8. The maximum absolute atomic E-state index is 12.5. The van der Waals surface area contributed by atoms with E-state index in [4.69, 9.17) is 15.2 Å². The van der Waals surface area contributed by atoms with E-state index in [-0.39, 0.29) is 18.5 Å². The third-order valence-corrected chi connectivity index (χ3v) is 5.95. The summed E-state index contributed by atoms with van der Waals surface area (Å²) >= 11 is 0. The van der Waals surface area contributed by atoms with Crippen LogP contribution in [0.2, 0.25) is 0 Å². The zero-order valence-corrected chi connectivity index (χ0v) is 17.8. The van der Waals surface area contributed by atoms with Crippen molar-refractivity contribution in [3.63, 3.8) is 0 Å². The molecule has 0 fully saturated rings. The average Bonchev–Trinajstić information content (AvgIpc) is 3.34. The molecule has 162 valence electrons. The lowest BCUT2D eigenvalue weighted by Crippen LogP contribution is -2.48. The van der Waals surface area contributed by atoms with Crippen molar-refractivity contribution in [1.82, 2.24) is 0 Å². The smallest absolute Gasteiger partial charge is 0.326 e. The van der Waals surface area contributed by atoms with E-state index in [1.165, 1.54) is 0 Å². The predicted octanol–water partition coefficient (Wildman–Crippen LogP) is 3.51. The van der Waals surface area contributed by atoms with Crippen LogP contribution < -0.4 is 16.4 Å². The van der Waals surface area contributed by atoms with Crippen LogP contribution in [0.3, 0.4) is 0 Å². The molecule has 31 heavy (non-hydrogen) atoms. The number of esters is 1. The summed E-state index contributed by atoms with van der Waals surface area (Å²) in [6, 6.07) is 13.5. The number of amides is 1. The van der Waals surface area contributed by atoms with E-state index in [1.54, 1.807) is 0 Å². The second kappa shape index (κ2) is 8.43. The highest BCUT2D eigenvalue weighted by Gasteiger charge is 2.33. The minimum absolute atomic E-state index is 0.150. The van der Waals surface area contributed by atoms with Crippen LogP contribution in [0.25, 0.3) is 11.3 Å². The number of benzene rings is 2. The van der Waals surface area contributed by atoms with E-state index in [0.717, 1.165) is 28.1 Å². The molecule has 0 bridgehead atoms. The van der Waals surface area contributed by atoms with Crippen molar-refractivity contribution in [2.45, 2.75) is 38.8 Å². The summed E-state index contributed by atoms with van der Waals surface area (Å²) in [5.74, 6) is 0.0904. The molecule has 4 N–H and O–H groups in total. The quantitative estimate of drug-likeness (QED) is 0.359. The molecule has 0 aliphatic carbocycles. The van der Waals surface area contributed by atoms with Crippen LogP contribution in [-0.4, -0.2) is 30.6 Å². The van der Waals surface area contributed by atoms with Crippen LogP contribution in [0, 0.1) is 0 Å². The third-order valence-electron chi connectivity index (χ3n) is 5.95. The SMILES string of the molecule is CCC(N)(CC)C(=O)OCCNc1ccc2c(c1)CO/C2=C1/C(=O)Nc2ccccc21. The predicted molar refractivity (Wildman–Crippen MR) is 120 cm³/mol. The Kier molecular flexibility index (Phi) is 5.69. The van der Waals surface area contributed by atoms with E-state index in [9.17, 15) is 9.59 Å². The Labute approximate surface area is 181 Å². The van der Waals surface area contributed by atoms with Gasteiger partial charge in [-0.1, -0.05) is 32.0 Å². The normalized spacial score (nSPS) is 16.9. The van der Waals surface area contributed by atoms with Gasteiger partial charge in [-0.2, -0.15) is 0 Å². The molecule has 2 aliphatic rings. The zero-order chi connectivity index (χ0) is 22.0. The lowest BCUT2D eigenvalue weighted by molar-refractivity contribution is -0.150. The Morgan fingerprint density at radius 3 is 2.74 bits per heavy atom. The molecule has 0 radical (unpaired) electrons. The van der Waals surface area contributed by atoms with Gasteiger partial charge in [0.05, 0.1) is 5.57 Å². The summed E-state index contributed by atoms with van der Waals surface area (Å²) in [5, 5.41) is 6.15. The molecular weight excluding hydrogens is 394 g/mol. The number of hydrogen-bond donors (Lipinski definition) is 3. The van der Waals surface area contributed by atoms with Gasteiger partial charge in [0.25, 0.3) is 5.91 Å². The van der Waals surface area contributed by atoms with Crippen LogP contribution in [0.1, 0.15) is 43.4 Å². The number of carbonyl (C=O) groups excluding carboxylic acids is 2. The molecule has 2 aromatic carbocycles. The van der Waals surface area contributed by atoms with Gasteiger partial charge in [0.15, 0.2) is 0 Å². The molecule has 0 unspecified atom stereocenters. The van der Waals surface area contributed by atoms with Gasteiger partial charge < -0.3 is 25.8 Å². The molecule has 0 aromatic heterocycles. The molecule has 0 saturated carbocycles. The number of para-hydroxylation sites is 1. The summed E-state index contributed by atoms with van der Waals surface area (Å²) in [6.45, 7) is 4.87. The molecule has 0 saturated heterocycles. The highest BCUT2D eigenvalue weighted by Crippen LogP contribution is 2.41. The Bertz CT molecular complexity index is 1060. The number of ether oxygens (including phenoxy) is 2. The second-order valence-electron chi connectivity index (χ2n) is 7.79. The van der Waals surface area contributed by atoms with Gasteiger partial charge in [-0.25, -0.2) is 0 Å². The van der Waals surface area contributed by atoms with Gasteiger partial charge >= 0.3 is 5.97 Å². The molecule has 7 heteroatoms. The van der Waals surface area contributed by atoms with E-state index in [0.29, 0.717) is 37.3 Å². The minimum atomic E-state index is -0.917. The summed E-state index contributed by atoms with van der Waals surface area (Å²) in [7, 11) is 0. The number of rotatable bonds is 7. The number of hydrogen-bond acceptors (Lipinski definition) is 6. The van der Waals surface area contributed by atoms with Crippen molar-refractivity contribution in [2.24, 2.45) is 5.73 Å². The van der Waals surface area contributed by atoms with Crippen LogP contribution >= 0.6 is 0 Å². The Balaban J connectivity index is 1.43. The third kappa shape index (κ3) is 3.88. The number of nitrogens with one attached hydrogen (secondary N) is 2. The first kappa shape index (κ1) is 20.9. The Morgan fingerprint density at radius 1 is 1.19 bits per heavy atom. The summed E-state index contributed by atoms with van der Waals surface area (Å²) in [5.41, 5.74) is 10.2. The fraction of sp³-hybridized carbons (Fsp3) is 0.333. The Hall–Kier alpha value is -3.32. The van der Waals surface area contributed by atoms with Gasteiger partial charge in [0.1, 0.15) is 24.5 Å². The van der Waals surface area contributed by atoms with Gasteiger partial charge in [-0.3, -0.25) is 9.59 Å². The standard InChI is InChI=1S/C24H27N3O4/c1-3-24(25,4-2)23(29)30-12-11-26-16-9-10-17-15(13-16)14-31-21(17)20-18-7-5-6-8-19(18)27-22(20)28/h5-10,13,26H,3-4,11-12,14,25H2,1-2H3,(H,27,28)/b21-20+. The van der Waals surface area contributed by atoms with Crippen molar-refractivity contribution in [3.05, 3.63) is 59.2 Å². The first-order valence-corrected chi connectivity index (χ1v) is 10.6. The molecule has 1 amide bonds. The van der Waals surface area contributed by atoms with Crippen molar-refractivity contribution >= 4 is 34.6 Å². The van der Waals surface area contributed by atoms with Crippen LogP contribution in [0.15, 0.2) is 42.5 Å². The number of anilines is 2. The number of nitrogens with two attached hydrogens (primary N) is 1. The second-order valence-corrected chi connectivity index (χ2v) is 7.79. The van der Waals surface area contributed by atoms with Gasteiger partial charge in [-0.15, -0.1) is 0 Å². The highest BCUT2D eigenvalue weighted by atomic mass is 16.5. The monoisotopic (exact) mass is 421 g/mol. The molecule has 2 aromatic rings. The van der Waals surface area contributed by atoms with E-state index in [1.807, 2.05) is 56.3 Å². The molecule has 0 spiro atoms. The summed E-state index contributed by atoms with van der Waals surface area (Å²) in [4.78, 5) is 24.7. The molecule has 0 atom stereocenters. The molecule has 2 aliphatic heterocycles. The van der Waals surface area contributed by atoms with Crippen LogP contribution in [-0.2, 0) is 25.7 Å². The van der Waals surface area contributed by atoms with Gasteiger partial charge in [-0.05, 0) is 37.1 Å². The fourth-order valence-electron chi connectivity index (χ4n) is 3.84. The lowest BCUT2D eigenvalue weighted by atomic mass is 9.95. The molecule has 7 nitrogen and oxygen atoms in total. The lowest BCUT2D eigenvalue weighted by Gasteiger charge is -2.24. The number of fused-ring (bicyclic) bond motifs is 2. The molecule has 4 rings (SSSR count). The van der Waals surface area contributed by atoms with E-state index >= 15 is 0 Å². The average molecular weight is 421 g/mol. The fourth-order valence-corrected chi connectivity index (χ4v) is 3.84. The Morgan fingerprint density at radius 2 is 1.97 bits per heavy atom. The van der Waals surface area contributed by atoms with Crippen molar-refractivity contribution in [1.29, 1.82) is 0 Å². The van der Waals surface area contributed by atoms with Crippen molar-refractivity contribution in [3.8, 4) is 0 Å². The maximum Gasteiger partial charge on any atom is 0.326 e. The number of carbonyl (C=O) groups is 2. The van der Waals surface area contributed by atoms with E-state index < -0.39 is 5.54 Å². The summed E-state index contributed by atoms with van der Waals surface area (Å²) < 4.78 is 11.2. The topological polar surface area (TPSA) is 103 Å². The van der Waals surface area contributed by atoms with Crippen molar-refractivity contribution < 1.29 is 19.1 Å². The largest absolute Gasteiger partial charge is 0.487 e.